The van der Waals surface area contributed by atoms with E-state index in [1.807, 2.05) is 6.92 Å². The molecule has 1 amide bonds. The van der Waals surface area contributed by atoms with Crippen LogP contribution in [0.2, 0.25) is 0 Å². The van der Waals surface area contributed by atoms with Gasteiger partial charge in [0.25, 0.3) is 11.5 Å². The van der Waals surface area contributed by atoms with Crippen LogP contribution in [0.5, 0.6) is 0 Å². The van der Waals surface area contributed by atoms with E-state index in [9.17, 15) is 22.8 Å². The molecule has 1 aliphatic heterocycles. The van der Waals surface area contributed by atoms with Crippen LogP contribution in [0.4, 0.5) is 18.9 Å². The summed E-state index contributed by atoms with van der Waals surface area (Å²) in [6.45, 7) is 2.77. The Hall–Kier alpha value is -3.16. The van der Waals surface area contributed by atoms with Crippen LogP contribution in [0.15, 0.2) is 47.3 Å². The molecule has 0 N–H and O–H groups in total. The number of halogens is 3. The molecule has 0 aliphatic carbocycles. The maximum Gasteiger partial charge on any atom is 0.416 e. The zero-order valence-corrected chi connectivity index (χ0v) is 17.1. The number of hydrogen-bond donors (Lipinski definition) is 0. The Labute approximate surface area is 177 Å². The molecule has 0 saturated carbocycles. The lowest BCUT2D eigenvalue weighted by molar-refractivity contribution is -0.137. The summed E-state index contributed by atoms with van der Waals surface area (Å²) in [5.41, 5.74) is 0.102. The Morgan fingerprint density at radius 3 is 2.58 bits per heavy atom. The van der Waals surface area contributed by atoms with Crippen molar-refractivity contribution < 1.29 is 18.0 Å². The maximum absolute atomic E-state index is 13.5. The highest BCUT2D eigenvalue weighted by Gasteiger charge is 2.33. The predicted octanol–water partition coefficient (Wildman–Crippen LogP) is 4.81. The van der Waals surface area contributed by atoms with E-state index in [-0.39, 0.29) is 11.3 Å². The molecule has 1 aromatic heterocycles. The molecule has 1 aliphatic rings. The second-order valence-electron chi connectivity index (χ2n) is 7.68. The summed E-state index contributed by atoms with van der Waals surface area (Å²) in [6.07, 6.45) is -1.81. The van der Waals surface area contributed by atoms with Crippen molar-refractivity contribution in [2.24, 2.45) is 0 Å². The molecule has 5 nitrogen and oxygen atoms in total. The molecule has 0 radical (unpaired) electrons. The molecule has 0 bridgehead atoms. The van der Waals surface area contributed by atoms with Crippen molar-refractivity contribution in [2.75, 3.05) is 11.4 Å². The van der Waals surface area contributed by atoms with Crippen molar-refractivity contribution in [2.45, 2.75) is 45.3 Å². The Balaban J connectivity index is 1.81. The standard InChI is InChI=1S/C23H22F3N3O2/c1-2-3-13-29-21(30)18-9-5-4-8-17(18)20(27-29)22(31)28-12-6-7-15-14-16(23(24,25)26)10-11-19(15)28/h4-5,8-11,14H,2-3,6-7,12-13H2,1H3. The molecule has 0 atom stereocenters. The molecule has 0 spiro atoms. The monoisotopic (exact) mass is 429 g/mol. The van der Waals surface area contributed by atoms with Crippen molar-refractivity contribution in [3.8, 4) is 0 Å². The third-order valence-corrected chi connectivity index (χ3v) is 5.56. The number of aromatic nitrogens is 2. The number of rotatable bonds is 4. The zero-order valence-electron chi connectivity index (χ0n) is 17.1. The van der Waals surface area contributed by atoms with Crippen LogP contribution in [0.3, 0.4) is 0 Å². The van der Waals surface area contributed by atoms with E-state index in [1.165, 1.54) is 15.6 Å². The van der Waals surface area contributed by atoms with E-state index in [0.717, 1.165) is 25.0 Å². The lowest BCUT2D eigenvalue weighted by atomic mass is 9.98. The number of benzene rings is 2. The van der Waals surface area contributed by atoms with Gasteiger partial charge in [0.15, 0.2) is 5.69 Å². The fraction of sp³-hybridized carbons (Fsp3) is 0.348. The number of carbonyl (C=O) groups excluding carboxylic acids is 1. The normalized spacial score (nSPS) is 14.0. The van der Waals surface area contributed by atoms with E-state index in [1.54, 1.807) is 24.3 Å². The van der Waals surface area contributed by atoms with Gasteiger partial charge >= 0.3 is 6.18 Å². The van der Waals surface area contributed by atoms with Gasteiger partial charge in [-0.1, -0.05) is 31.5 Å². The van der Waals surface area contributed by atoms with E-state index in [0.29, 0.717) is 48.0 Å². The van der Waals surface area contributed by atoms with Crippen molar-refractivity contribution in [3.63, 3.8) is 0 Å². The fourth-order valence-electron chi connectivity index (χ4n) is 3.96. The Morgan fingerprint density at radius 2 is 1.87 bits per heavy atom. The topological polar surface area (TPSA) is 55.2 Å². The number of anilines is 1. The smallest absolute Gasteiger partial charge is 0.307 e. The second kappa shape index (κ2) is 8.17. The average Bonchev–Trinajstić information content (AvgIpc) is 2.77. The van der Waals surface area contributed by atoms with Crippen molar-refractivity contribution >= 4 is 22.4 Å². The van der Waals surface area contributed by atoms with Gasteiger partial charge < -0.3 is 4.90 Å². The molecule has 0 unspecified atom stereocenters. The van der Waals surface area contributed by atoms with Gasteiger partial charge in [-0.15, -0.1) is 0 Å². The molecule has 2 heterocycles. The quantitative estimate of drug-likeness (QED) is 0.598. The first-order valence-electron chi connectivity index (χ1n) is 10.3. The number of aryl methyl sites for hydroxylation is 2. The van der Waals surface area contributed by atoms with Crippen LogP contribution in [0.1, 0.15) is 47.8 Å². The van der Waals surface area contributed by atoms with E-state index in [4.69, 9.17) is 0 Å². The van der Waals surface area contributed by atoms with Crippen molar-refractivity contribution in [3.05, 3.63) is 69.6 Å². The van der Waals surface area contributed by atoms with Crippen molar-refractivity contribution in [1.82, 2.24) is 9.78 Å². The summed E-state index contributed by atoms with van der Waals surface area (Å²) in [4.78, 5) is 27.8. The zero-order chi connectivity index (χ0) is 22.2. The summed E-state index contributed by atoms with van der Waals surface area (Å²) in [7, 11) is 0. The summed E-state index contributed by atoms with van der Waals surface area (Å²) in [5, 5.41) is 5.23. The highest BCUT2D eigenvalue weighted by atomic mass is 19.4. The van der Waals surface area contributed by atoms with Crippen molar-refractivity contribution in [1.29, 1.82) is 0 Å². The van der Waals surface area contributed by atoms with Gasteiger partial charge in [-0.2, -0.15) is 18.3 Å². The third kappa shape index (κ3) is 3.94. The van der Waals surface area contributed by atoms with Gasteiger partial charge in [0.1, 0.15) is 0 Å². The number of hydrogen-bond acceptors (Lipinski definition) is 3. The number of amides is 1. The van der Waals surface area contributed by atoms with E-state index >= 15 is 0 Å². The highest BCUT2D eigenvalue weighted by molar-refractivity contribution is 6.12. The SMILES string of the molecule is CCCCn1nc(C(=O)N2CCCc3cc(C(F)(F)F)ccc32)c2ccccc2c1=O. The van der Waals surface area contributed by atoms with Crippen LogP contribution in [0, 0.1) is 0 Å². The third-order valence-electron chi connectivity index (χ3n) is 5.56. The van der Waals surface area contributed by atoms with E-state index in [2.05, 4.69) is 5.10 Å². The number of fused-ring (bicyclic) bond motifs is 2. The number of nitrogens with zero attached hydrogens (tertiary/aromatic N) is 3. The lowest BCUT2D eigenvalue weighted by Gasteiger charge is -2.30. The van der Waals surface area contributed by atoms with Gasteiger partial charge in [-0.3, -0.25) is 9.59 Å². The molecule has 0 saturated heterocycles. The van der Waals surface area contributed by atoms with Crippen LogP contribution in [-0.2, 0) is 19.1 Å². The minimum absolute atomic E-state index is 0.138. The molecule has 4 rings (SSSR count). The summed E-state index contributed by atoms with van der Waals surface area (Å²) in [6, 6.07) is 10.3. The largest absolute Gasteiger partial charge is 0.416 e. The first-order valence-corrected chi connectivity index (χ1v) is 10.3. The summed E-state index contributed by atoms with van der Waals surface area (Å²) in [5.74, 6) is -0.415. The second-order valence-corrected chi connectivity index (χ2v) is 7.68. The van der Waals surface area contributed by atoms with Crippen LogP contribution in [-0.4, -0.2) is 22.2 Å². The molecule has 3 aromatic rings. The number of alkyl halides is 3. The Bertz CT molecular complexity index is 1200. The minimum atomic E-state index is -4.44. The molecule has 0 fully saturated rings. The molecule has 31 heavy (non-hydrogen) atoms. The highest BCUT2D eigenvalue weighted by Crippen LogP contribution is 2.35. The Kier molecular flexibility index (Phi) is 5.56. The minimum Gasteiger partial charge on any atom is -0.307 e. The first kappa shape index (κ1) is 21.1. The molecule has 162 valence electrons. The van der Waals surface area contributed by atoms with Crippen LogP contribution < -0.4 is 10.5 Å². The van der Waals surface area contributed by atoms with Crippen LogP contribution in [0.25, 0.3) is 10.8 Å². The van der Waals surface area contributed by atoms with Gasteiger partial charge in [-0.05, 0) is 49.1 Å². The Morgan fingerprint density at radius 1 is 1.13 bits per heavy atom. The summed E-state index contributed by atoms with van der Waals surface area (Å²) < 4.78 is 40.7. The number of unbranched alkanes of at least 4 members (excludes halogenated alkanes) is 1. The molecule has 8 heteroatoms. The fourth-order valence-corrected chi connectivity index (χ4v) is 3.96. The first-order chi connectivity index (χ1) is 14.8. The average molecular weight is 429 g/mol. The maximum atomic E-state index is 13.5. The van der Waals surface area contributed by atoms with Gasteiger partial charge in [-0.25, -0.2) is 4.68 Å². The molecule has 2 aromatic carbocycles. The number of carbonyl (C=O) groups is 1. The van der Waals surface area contributed by atoms with Gasteiger partial charge in [0, 0.05) is 24.2 Å². The molecular formula is C23H22F3N3O2. The molecular weight excluding hydrogens is 407 g/mol. The lowest BCUT2D eigenvalue weighted by Crippen LogP contribution is -2.38. The predicted molar refractivity (Wildman–Crippen MR) is 112 cm³/mol. The van der Waals surface area contributed by atoms with Crippen LogP contribution >= 0.6 is 0 Å². The van der Waals surface area contributed by atoms with E-state index < -0.39 is 17.6 Å². The summed E-state index contributed by atoms with van der Waals surface area (Å²) >= 11 is 0. The van der Waals surface area contributed by atoms with Gasteiger partial charge in [0.05, 0.1) is 10.9 Å². The van der Waals surface area contributed by atoms with Gasteiger partial charge in [0.2, 0.25) is 0 Å².